The topological polar surface area (TPSA) is 117 Å². The van der Waals surface area contributed by atoms with Crippen LogP contribution in [0.1, 0.15) is 49.5 Å². The van der Waals surface area contributed by atoms with Gasteiger partial charge in [0.2, 0.25) is 11.8 Å². The van der Waals surface area contributed by atoms with E-state index in [1.54, 1.807) is 72.6 Å². The number of halogens is 2. The molecule has 12 heteroatoms. The van der Waals surface area contributed by atoms with Crippen LogP contribution in [0.25, 0.3) is 0 Å². The Morgan fingerprint density at radius 3 is 2.26 bits per heavy atom. The molecule has 3 amide bonds. The van der Waals surface area contributed by atoms with Crippen LogP contribution >= 0.6 is 27.5 Å². The summed E-state index contributed by atoms with van der Waals surface area (Å²) in [5.74, 6) is -3.96. The number of aliphatic hydroxyl groups excluding tert-OH is 1. The second kappa shape index (κ2) is 16.6. The number of benzene rings is 3. The summed E-state index contributed by atoms with van der Waals surface area (Å²) in [5, 5.41) is 11.4. The maximum Gasteiger partial charge on any atom is 0.313 e. The van der Waals surface area contributed by atoms with Gasteiger partial charge in [0.15, 0.2) is 0 Å². The van der Waals surface area contributed by atoms with Crippen LogP contribution in [-0.4, -0.2) is 87.4 Å². The second-order valence-corrected chi connectivity index (χ2v) is 15.7. The van der Waals surface area contributed by atoms with Crippen molar-refractivity contribution in [2.45, 2.75) is 66.9 Å². The lowest BCUT2D eigenvalue weighted by atomic mass is 9.70. The van der Waals surface area contributed by atoms with Gasteiger partial charge in [0.1, 0.15) is 17.7 Å². The van der Waals surface area contributed by atoms with Crippen molar-refractivity contribution in [3.63, 3.8) is 0 Å². The standard InChI is InChI=1S/C42H45BrClN3O7/c1-5-7-18-33(49)45(4)26(3)36(28-16-12-9-13-17-28)53-41(52)34-35-39(50)47(32(25-48)27-14-10-8-11-15-27)38(42(35)24-31(43)37(34)54-42)40(51)46(23-6-2)30-21-19-29(44)20-22-30/h5-6,8-17,19-22,26,31-32,34-38,48H,1-2,7,18,23-25H2,3-4H3/t26-,31?,32+,34+,35-,36+,37+,38+,42-/m0/s1. The molecule has 1 unspecified atom stereocenters. The van der Waals surface area contributed by atoms with Gasteiger partial charge in [-0.1, -0.05) is 100 Å². The number of aliphatic hydroxyl groups is 1. The van der Waals surface area contributed by atoms with E-state index in [2.05, 4.69) is 29.1 Å². The van der Waals surface area contributed by atoms with Crippen LogP contribution in [-0.2, 0) is 28.7 Å². The van der Waals surface area contributed by atoms with Crippen LogP contribution in [0.2, 0.25) is 5.02 Å². The molecular weight excluding hydrogens is 774 g/mol. The number of likely N-dealkylation sites (N-methyl/N-ethyl adjacent to an activating group) is 1. The molecule has 10 nitrogen and oxygen atoms in total. The van der Waals surface area contributed by atoms with Crippen molar-refractivity contribution in [2.24, 2.45) is 11.8 Å². The number of hydrogen-bond donors (Lipinski definition) is 1. The molecule has 1 N–H and O–H groups in total. The summed E-state index contributed by atoms with van der Waals surface area (Å²) in [4.78, 5) is 62.1. The number of carbonyl (C=O) groups is 4. The molecule has 2 bridgehead atoms. The van der Waals surface area contributed by atoms with Crippen molar-refractivity contribution in [1.29, 1.82) is 0 Å². The van der Waals surface area contributed by atoms with E-state index in [1.807, 2.05) is 43.3 Å². The van der Waals surface area contributed by atoms with Gasteiger partial charge in [-0.15, -0.1) is 13.2 Å². The molecule has 54 heavy (non-hydrogen) atoms. The number of amides is 3. The maximum absolute atomic E-state index is 15.1. The fourth-order valence-corrected chi connectivity index (χ4v) is 9.39. The lowest BCUT2D eigenvalue weighted by Crippen LogP contribution is -2.57. The smallest absolute Gasteiger partial charge is 0.313 e. The molecular formula is C42H45BrClN3O7. The molecule has 3 heterocycles. The molecule has 3 aliphatic rings. The molecule has 0 aromatic heterocycles. The molecule has 0 aliphatic carbocycles. The maximum atomic E-state index is 15.1. The monoisotopic (exact) mass is 817 g/mol. The van der Waals surface area contributed by atoms with Crippen LogP contribution in [0.3, 0.4) is 0 Å². The summed E-state index contributed by atoms with van der Waals surface area (Å²) in [7, 11) is 1.67. The van der Waals surface area contributed by atoms with E-state index >= 15 is 9.59 Å². The highest BCUT2D eigenvalue weighted by Gasteiger charge is 2.78. The minimum atomic E-state index is -1.45. The number of rotatable bonds is 15. The number of ether oxygens (including phenoxy) is 2. The zero-order valence-electron chi connectivity index (χ0n) is 30.3. The second-order valence-electron chi connectivity index (χ2n) is 14.1. The van der Waals surface area contributed by atoms with Gasteiger partial charge in [-0.2, -0.15) is 0 Å². The molecule has 3 fully saturated rings. The van der Waals surface area contributed by atoms with Crippen molar-refractivity contribution < 1.29 is 33.8 Å². The van der Waals surface area contributed by atoms with E-state index in [-0.39, 0.29) is 25.3 Å². The Bertz CT molecular complexity index is 1860. The Kier molecular flexibility index (Phi) is 12.1. The summed E-state index contributed by atoms with van der Waals surface area (Å²) in [6.07, 6.45) is 2.59. The van der Waals surface area contributed by atoms with Crippen LogP contribution in [0.4, 0.5) is 5.69 Å². The molecule has 284 valence electrons. The lowest BCUT2D eigenvalue weighted by Gasteiger charge is -2.39. The largest absolute Gasteiger partial charge is 0.455 e. The zero-order valence-corrected chi connectivity index (χ0v) is 32.6. The first-order chi connectivity index (χ1) is 26.0. The highest BCUT2D eigenvalue weighted by molar-refractivity contribution is 9.09. The van der Waals surface area contributed by atoms with Crippen molar-refractivity contribution in [1.82, 2.24) is 9.80 Å². The molecule has 3 aromatic rings. The first-order valence-corrected chi connectivity index (χ1v) is 19.4. The number of likely N-dealkylation sites (tertiary alicyclic amines) is 1. The van der Waals surface area contributed by atoms with E-state index in [4.69, 9.17) is 21.1 Å². The Hall–Kier alpha value is -4.29. The average molecular weight is 819 g/mol. The van der Waals surface area contributed by atoms with Crippen LogP contribution in [0, 0.1) is 11.8 Å². The third kappa shape index (κ3) is 7.14. The third-order valence-corrected chi connectivity index (χ3v) is 12.1. The van der Waals surface area contributed by atoms with Crippen molar-refractivity contribution in [3.8, 4) is 0 Å². The fourth-order valence-electron chi connectivity index (χ4n) is 8.33. The minimum absolute atomic E-state index is 0.108. The minimum Gasteiger partial charge on any atom is -0.455 e. The molecule has 3 saturated heterocycles. The Morgan fingerprint density at radius 2 is 1.67 bits per heavy atom. The van der Waals surface area contributed by atoms with Gasteiger partial charge in [-0.3, -0.25) is 19.2 Å². The molecule has 3 aromatic carbocycles. The van der Waals surface area contributed by atoms with E-state index in [1.165, 1.54) is 9.80 Å². The number of nitrogens with zero attached hydrogens (tertiary/aromatic N) is 3. The number of fused-ring (bicyclic) bond motifs is 1. The first-order valence-electron chi connectivity index (χ1n) is 18.1. The molecule has 1 spiro atoms. The van der Waals surface area contributed by atoms with Crippen molar-refractivity contribution >= 4 is 56.9 Å². The summed E-state index contributed by atoms with van der Waals surface area (Å²) in [5.41, 5.74) is 0.379. The number of anilines is 1. The van der Waals surface area contributed by atoms with E-state index in [0.29, 0.717) is 28.3 Å². The Morgan fingerprint density at radius 1 is 1.04 bits per heavy atom. The van der Waals surface area contributed by atoms with Gasteiger partial charge in [0, 0.05) is 35.6 Å². The molecule has 6 rings (SSSR count). The van der Waals surface area contributed by atoms with Gasteiger partial charge < -0.3 is 29.3 Å². The lowest BCUT2D eigenvalue weighted by molar-refractivity contribution is -0.165. The van der Waals surface area contributed by atoms with Crippen molar-refractivity contribution in [3.05, 3.63) is 126 Å². The quantitative estimate of drug-likeness (QED) is 0.107. The summed E-state index contributed by atoms with van der Waals surface area (Å²) < 4.78 is 13.2. The zero-order chi connectivity index (χ0) is 38.7. The first kappa shape index (κ1) is 39.4. The molecule has 3 aliphatic heterocycles. The van der Waals surface area contributed by atoms with Gasteiger partial charge >= 0.3 is 5.97 Å². The fraction of sp³-hybridized carbons (Fsp3) is 0.381. The van der Waals surface area contributed by atoms with Crippen molar-refractivity contribution in [2.75, 3.05) is 25.1 Å². The number of allylic oxidation sites excluding steroid dienone is 1. The molecule has 0 radical (unpaired) electrons. The number of esters is 1. The summed E-state index contributed by atoms with van der Waals surface area (Å²) in [6.45, 7) is 9.04. The van der Waals surface area contributed by atoms with E-state index < -0.39 is 77.0 Å². The van der Waals surface area contributed by atoms with Gasteiger partial charge in [0.25, 0.3) is 5.91 Å². The predicted octanol–water partition coefficient (Wildman–Crippen LogP) is 6.44. The Labute approximate surface area is 329 Å². The van der Waals surface area contributed by atoms with E-state index in [0.717, 1.165) is 0 Å². The van der Waals surface area contributed by atoms with Crippen LogP contribution in [0.15, 0.2) is 110 Å². The summed E-state index contributed by atoms with van der Waals surface area (Å²) in [6, 6.07) is 22.2. The highest BCUT2D eigenvalue weighted by atomic mass is 79.9. The van der Waals surface area contributed by atoms with Gasteiger partial charge in [0.05, 0.1) is 36.6 Å². The Balaban J connectivity index is 1.42. The van der Waals surface area contributed by atoms with E-state index in [9.17, 15) is 14.7 Å². The van der Waals surface area contributed by atoms with Gasteiger partial charge in [-0.25, -0.2) is 0 Å². The highest BCUT2D eigenvalue weighted by Crippen LogP contribution is 2.61. The third-order valence-electron chi connectivity index (χ3n) is 11.0. The predicted molar refractivity (Wildman–Crippen MR) is 210 cm³/mol. The average Bonchev–Trinajstić information content (AvgIpc) is 3.78. The molecule has 9 atom stereocenters. The van der Waals surface area contributed by atoms with Crippen LogP contribution in [0.5, 0.6) is 0 Å². The number of carbonyl (C=O) groups excluding carboxylic acids is 4. The number of hydrogen-bond acceptors (Lipinski definition) is 7. The molecule has 0 saturated carbocycles. The summed E-state index contributed by atoms with van der Waals surface area (Å²) >= 11 is 9.96. The van der Waals surface area contributed by atoms with Gasteiger partial charge in [-0.05, 0) is 55.2 Å². The number of alkyl halides is 1. The SMILES string of the molecule is C=CCCC(=O)N(C)[C@@H](C)[C@@H](OC(=O)[C@H]1[C@@H]2O[C@@]3(CC2Br)[C@@H]1C(=O)N([C@H](CO)c1ccccc1)[C@@H]3C(=O)N(CC=C)c1ccc(Cl)cc1)c1ccccc1. The van der Waals surface area contributed by atoms with Crippen LogP contribution < -0.4 is 4.90 Å². The normalized spacial score (nSPS) is 25.7.